The van der Waals surface area contributed by atoms with Crippen molar-refractivity contribution in [1.29, 1.82) is 0 Å². The molecule has 0 saturated heterocycles. The molecule has 2 aromatic rings. The number of unbranched alkanes of at least 4 members (excludes halogenated alkanes) is 1. The number of aromatic nitrogens is 1. The molecule has 18 heavy (non-hydrogen) atoms. The summed E-state index contributed by atoms with van der Waals surface area (Å²) in [5.74, 6) is -0.165. The van der Waals surface area contributed by atoms with Gasteiger partial charge in [-0.1, -0.05) is 12.1 Å². The zero-order valence-corrected chi connectivity index (χ0v) is 10.7. The number of hydrogen-bond donors (Lipinski definition) is 1. The highest BCUT2D eigenvalue weighted by molar-refractivity contribution is 7.85. The van der Waals surface area contributed by atoms with Gasteiger partial charge in [0.2, 0.25) is 0 Å². The van der Waals surface area contributed by atoms with Gasteiger partial charge in [0.15, 0.2) is 0 Å². The van der Waals surface area contributed by atoms with E-state index in [-0.39, 0.29) is 5.75 Å². The first-order valence-corrected chi connectivity index (χ1v) is 7.44. The van der Waals surface area contributed by atoms with Crippen LogP contribution in [0.25, 0.3) is 10.9 Å². The summed E-state index contributed by atoms with van der Waals surface area (Å²) in [6.45, 7) is 0. The van der Waals surface area contributed by atoms with Gasteiger partial charge in [0.1, 0.15) is 0 Å². The van der Waals surface area contributed by atoms with Crippen LogP contribution in [0.2, 0.25) is 0 Å². The van der Waals surface area contributed by atoms with Crippen molar-refractivity contribution >= 4 is 21.0 Å². The van der Waals surface area contributed by atoms with Gasteiger partial charge < -0.3 is 0 Å². The molecule has 4 nitrogen and oxygen atoms in total. The molecule has 0 aliphatic carbocycles. The Morgan fingerprint density at radius 1 is 1.17 bits per heavy atom. The van der Waals surface area contributed by atoms with E-state index in [4.69, 9.17) is 4.55 Å². The number of aryl methyl sites for hydroxylation is 1. The minimum Gasteiger partial charge on any atom is -0.286 e. The van der Waals surface area contributed by atoms with E-state index in [1.54, 1.807) is 6.20 Å². The van der Waals surface area contributed by atoms with Crippen molar-refractivity contribution in [3.05, 3.63) is 42.1 Å². The minimum atomic E-state index is -3.82. The highest BCUT2D eigenvalue weighted by atomic mass is 32.2. The summed E-state index contributed by atoms with van der Waals surface area (Å²) in [4.78, 5) is 4.24. The molecule has 0 fully saturated rings. The number of nitrogens with zero attached hydrogens (tertiary/aromatic N) is 1. The Hall–Kier alpha value is -1.46. The van der Waals surface area contributed by atoms with E-state index in [1.807, 2.05) is 24.3 Å². The predicted octanol–water partition coefficient (Wildman–Crippen LogP) is 2.45. The first kappa shape index (κ1) is 13.0. The van der Waals surface area contributed by atoms with Crippen molar-refractivity contribution < 1.29 is 13.0 Å². The van der Waals surface area contributed by atoms with Gasteiger partial charge in [-0.25, -0.2) is 0 Å². The lowest BCUT2D eigenvalue weighted by Crippen LogP contribution is -2.03. The summed E-state index contributed by atoms with van der Waals surface area (Å²) in [6.07, 6.45) is 3.78. The van der Waals surface area contributed by atoms with Gasteiger partial charge in [-0.3, -0.25) is 9.54 Å². The standard InChI is InChI=1S/C13H15NO3S/c15-18(16,17)9-2-1-4-11-6-7-13-12(10-11)5-3-8-14-13/h3,5-8,10H,1-2,4,9H2,(H,15,16,17). The monoisotopic (exact) mass is 265 g/mol. The molecule has 1 heterocycles. The Bertz CT molecular complexity index is 637. The van der Waals surface area contributed by atoms with Crippen LogP contribution in [0.15, 0.2) is 36.5 Å². The minimum absolute atomic E-state index is 0.165. The van der Waals surface area contributed by atoms with Crippen molar-refractivity contribution in [3.63, 3.8) is 0 Å². The number of hydrogen-bond acceptors (Lipinski definition) is 3. The smallest absolute Gasteiger partial charge is 0.264 e. The van der Waals surface area contributed by atoms with E-state index in [2.05, 4.69) is 11.1 Å². The first-order valence-electron chi connectivity index (χ1n) is 5.83. The van der Waals surface area contributed by atoms with Crippen LogP contribution in [0.5, 0.6) is 0 Å². The second kappa shape index (κ2) is 5.46. The van der Waals surface area contributed by atoms with E-state index in [1.165, 1.54) is 0 Å². The number of fused-ring (bicyclic) bond motifs is 1. The van der Waals surface area contributed by atoms with Crippen LogP contribution >= 0.6 is 0 Å². The molecular weight excluding hydrogens is 250 g/mol. The maximum absolute atomic E-state index is 10.6. The second-order valence-corrected chi connectivity index (χ2v) is 5.85. The summed E-state index contributed by atoms with van der Waals surface area (Å²) < 4.78 is 29.7. The summed E-state index contributed by atoms with van der Waals surface area (Å²) in [5.41, 5.74) is 2.12. The van der Waals surface area contributed by atoms with Crippen molar-refractivity contribution in [1.82, 2.24) is 4.98 Å². The van der Waals surface area contributed by atoms with Crippen LogP contribution in [0.3, 0.4) is 0 Å². The van der Waals surface area contributed by atoms with Crippen molar-refractivity contribution in [2.24, 2.45) is 0 Å². The molecule has 0 saturated carbocycles. The van der Waals surface area contributed by atoms with Crippen LogP contribution in [0.4, 0.5) is 0 Å². The van der Waals surface area contributed by atoms with Crippen LogP contribution < -0.4 is 0 Å². The van der Waals surface area contributed by atoms with Crippen molar-refractivity contribution in [3.8, 4) is 0 Å². The lowest BCUT2D eigenvalue weighted by Gasteiger charge is -2.03. The van der Waals surface area contributed by atoms with Crippen LogP contribution in [0.1, 0.15) is 18.4 Å². The van der Waals surface area contributed by atoms with Gasteiger partial charge in [0, 0.05) is 11.6 Å². The zero-order chi connectivity index (χ0) is 13.0. The number of pyridine rings is 1. The fourth-order valence-electron chi connectivity index (χ4n) is 1.89. The lowest BCUT2D eigenvalue weighted by atomic mass is 10.1. The average Bonchev–Trinajstić information content (AvgIpc) is 2.33. The molecule has 5 heteroatoms. The second-order valence-electron chi connectivity index (χ2n) is 4.27. The third kappa shape index (κ3) is 3.78. The summed E-state index contributed by atoms with van der Waals surface area (Å²) in [5, 5.41) is 1.09. The molecule has 0 aliphatic rings. The summed E-state index contributed by atoms with van der Waals surface area (Å²) >= 11 is 0. The van der Waals surface area contributed by atoms with E-state index >= 15 is 0 Å². The molecule has 0 aliphatic heterocycles. The molecule has 96 valence electrons. The van der Waals surface area contributed by atoms with Gasteiger partial charge in [-0.2, -0.15) is 8.42 Å². The Morgan fingerprint density at radius 2 is 2.00 bits per heavy atom. The predicted molar refractivity (Wildman–Crippen MR) is 71.1 cm³/mol. The third-order valence-corrected chi connectivity index (χ3v) is 3.59. The normalized spacial score (nSPS) is 11.8. The van der Waals surface area contributed by atoms with Gasteiger partial charge in [-0.05, 0) is 43.0 Å². The molecule has 2 rings (SSSR count). The van der Waals surface area contributed by atoms with E-state index in [0.717, 1.165) is 29.3 Å². The van der Waals surface area contributed by atoms with E-state index in [0.29, 0.717) is 6.42 Å². The summed E-state index contributed by atoms with van der Waals surface area (Å²) in [7, 11) is -3.82. The molecule has 0 atom stereocenters. The largest absolute Gasteiger partial charge is 0.286 e. The molecule has 1 N–H and O–H groups in total. The lowest BCUT2D eigenvalue weighted by molar-refractivity contribution is 0.480. The van der Waals surface area contributed by atoms with Gasteiger partial charge in [0.05, 0.1) is 11.3 Å². The van der Waals surface area contributed by atoms with Gasteiger partial charge in [0.25, 0.3) is 10.1 Å². The van der Waals surface area contributed by atoms with Crippen molar-refractivity contribution in [2.75, 3.05) is 5.75 Å². The average molecular weight is 265 g/mol. The van der Waals surface area contributed by atoms with Crippen molar-refractivity contribution in [2.45, 2.75) is 19.3 Å². The first-order chi connectivity index (χ1) is 8.54. The molecule has 0 spiro atoms. The van der Waals surface area contributed by atoms with Crippen LogP contribution in [0, 0.1) is 0 Å². The Labute approximate surface area is 106 Å². The molecule has 0 unspecified atom stereocenters. The topological polar surface area (TPSA) is 67.3 Å². The SMILES string of the molecule is O=S(=O)(O)CCCCc1ccc2ncccc2c1. The third-order valence-electron chi connectivity index (χ3n) is 2.79. The van der Waals surface area contributed by atoms with Crippen LogP contribution in [-0.4, -0.2) is 23.7 Å². The quantitative estimate of drug-likeness (QED) is 0.666. The Morgan fingerprint density at radius 3 is 2.78 bits per heavy atom. The van der Waals surface area contributed by atoms with E-state index < -0.39 is 10.1 Å². The number of benzene rings is 1. The molecular formula is C13H15NO3S. The van der Waals surface area contributed by atoms with Crippen LogP contribution in [-0.2, 0) is 16.5 Å². The fraction of sp³-hybridized carbons (Fsp3) is 0.308. The van der Waals surface area contributed by atoms with Gasteiger partial charge in [-0.15, -0.1) is 0 Å². The highest BCUT2D eigenvalue weighted by Crippen LogP contribution is 2.15. The fourth-order valence-corrected chi connectivity index (χ4v) is 2.46. The Kier molecular flexibility index (Phi) is 3.93. The van der Waals surface area contributed by atoms with Gasteiger partial charge >= 0.3 is 0 Å². The molecule has 1 aromatic carbocycles. The molecule has 0 bridgehead atoms. The maximum Gasteiger partial charge on any atom is 0.264 e. The molecule has 0 amide bonds. The highest BCUT2D eigenvalue weighted by Gasteiger charge is 2.04. The van der Waals surface area contributed by atoms with E-state index in [9.17, 15) is 8.42 Å². The zero-order valence-electron chi connectivity index (χ0n) is 9.91. The maximum atomic E-state index is 10.6. The molecule has 0 radical (unpaired) electrons. The molecule has 1 aromatic heterocycles. The Balaban J connectivity index is 1.96. The number of rotatable bonds is 5. The summed E-state index contributed by atoms with van der Waals surface area (Å²) in [6, 6.07) is 9.93.